The van der Waals surface area contributed by atoms with E-state index in [2.05, 4.69) is 5.32 Å². The van der Waals surface area contributed by atoms with E-state index in [1.165, 1.54) is 18.4 Å². The molecule has 2 fully saturated rings. The van der Waals surface area contributed by atoms with Crippen LogP contribution in [0.1, 0.15) is 11.3 Å². The fourth-order valence-electron chi connectivity index (χ4n) is 2.75. The molecule has 12 heteroatoms. The number of esters is 1. The van der Waals surface area contributed by atoms with Crippen molar-refractivity contribution in [3.8, 4) is 0 Å². The molecule has 3 rings (SSSR count). The summed E-state index contributed by atoms with van der Waals surface area (Å²) in [6.07, 6.45) is -1.57. The molecule has 3 atom stereocenters. The van der Waals surface area contributed by atoms with Crippen molar-refractivity contribution in [1.82, 2.24) is 10.4 Å². The topological polar surface area (TPSA) is 134 Å². The number of methoxy groups -OCH3 is 1. The molecule has 1 aromatic rings. The summed E-state index contributed by atoms with van der Waals surface area (Å²) < 4.78 is 9.70. The van der Waals surface area contributed by atoms with Gasteiger partial charge in [0.1, 0.15) is 18.6 Å². The van der Waals surface area contributed by atoms with Crippen LogP contribution in [0, 0.1) is 0 Å². The van der Waals surface area contributed by atoms with Gasteiger partial charge in [0.2, 0.25) is 5.91 Å². The number of hydroxylamine groups is 2. The van der Waals surface area contributed by atoms with Crippen molar-refractivity contribution in [2.24, 2.45) is 0 Å². The second-order valence-corrected chi connectivity index (χ2v) is 6.76. The Morgan fingerprint density at radius 1 is 1.48 bits per heavy atom. The molecule has 3 heterocycles. The third kappa shape index (κ3) is 4.18. The van der Waals surface area contributed by atoms with Crippen LogP contribution in [0.2, 0.25) is 0 Å². The number of nitrogens with zero attached hydrogens (tertiary/aromatic N) is 1. The number of aliphatic carboxylic acids is 1. The number of carbonyl (C=O) groups excluding carboxylic acids is 4. The number of carbonyl (C=O) groups is 4. The van der Waals surface area contributed by atoms with Gasteiger partial charge in [0.05, 0.1) is 12.8 Å². The van der Waals surface area contributed by atoms with Gasteiger partial charge in [0.15, 0.2) is 6.10 Å². The Morgan fingerprint density at radius 3 is 2.78 bits per heavy atom. The molecular formula is C15H15N2NaO8S. The summed E-state index contributed by atoms with van der Waals surface area (Å²) in [6.45, 7) is -0.292. The Morgan fingerprint density at radius 2 is 2.22 bits per heavy atom. The van der Waals surface area contributed by atoms with Crippen LogP contribution >= 0.6 is 11.3 Å². The molecule has 0 saturated carbocycles. The quantitative estimate of drug-likeness (QED) is 0.367. The van der Waals surface area contributed by atoms with Crippen LogP contribution in [0.5, 0.6) is 0 Å². The van der Waals surface area contributed by atoms with Gasteiger partial charge in [-0.2, -0.15) is 5.06 Å². The standard InChI is InChI=1S/C15H16N2O8S.Na/c1-23-10-6-15(14(21)22,25-13(10)20)17-12(19)9(7-24-17)16-11(18)5-8-3-2-4-26-8;/h2-4,9-10H,5-7H2,1H3,(H,16,18)(H,21,22);/q;+1/p-1/t9-,10?,15?;/m0./s1. The molecule has 0 bridgehead atoms. The number of hydrogen-bond acceptors (Lipinski definition) is 9. The monoisotopic (exact) mass is 406 g/mol. The van der Waals surface area contributed by atoms with Crippen molar-refractivity contribution in [2.45, 2.75) is 30.7 Å². The molecular weight excluding hydrogens is 391 g/mol. The maximum atomic E-state index is 12.5. The minimum Gasteiger partial charge on any atom is -0.544 e. The van der Waals surface area contributed by atoms with E-state index in [0.717, 1.165) is 4.88 Å². The largest absolute Gasteiger partial charge is 1.00 e. The van der Waals surface area contributed by atoms with Gasteiger partial charge in [-0.05, 0) is 11.4 Å². The average Bonchev–Trinajstić information content (AvgIpc) is 3.29. The van der Waals surface area contributed by atoms with Gasteiger partial charge >= 0.3 is 35.5 Å². The number of ether oxygens (including phenoxy) is 2. The summed E-state index contributed by atoms with van der Waals surface area (Å²) in [7, 11) is 1.21. The summed E-state index contributed by atoms with van der Waals surface area (Å²) >= 11 is 1.39. The van der Waals surface area contributed by atoms with Crippen LogP contribution in [-0.2, 0) is 39.9 Å². The van der Waals surface area contributed by atoms with Crippen LogP contribution < -0.4 is 40.0 Å². The molecule has 0 aromatic carbocycles. The minimum atomic E-state index is -2.43. The third-order valence-corrected chi connectivity index (χ3v) is 4.92. The number of carboxylic acid groups (broad SMARTS) is 1. The normalized spacial score (nSPS) is 27.2. The molecule has 140 valence electrons. The van der Waals surface area contributed by atoms with E-state index < -0.39 is 48.0 Å². The Kier molecular flexibility index (Phi) is 7.00. The van der Waals surface area contributed by atoms with Gasteiger partial charge in [-0.15, -0.1) is 11.3 Å². The van der Waals surface area contributed by atoms with Gasteiger partial charge in [0, 0.05) is 12.0 Å². The summed E-state index contributed by atoms with van der Waals surface area (Å²) in [5.41, 5.74) is -2.43. The Hall–Kier alpha value is -1.50. The van der Waals surface area contributed by atoms with Gasteiger partial charge in [-0.3, -0.25) is 14.4 Å². The molecule has 2 aliphatic heterocycles. The molecule has 2 aliphatic rings. The van der Waals surface area contributed by atoms with Crippen LogP contribution in [0.3, 0.4) is 0 Å². The smallest absolute Gasteiger partial charge is 0.544 e. The number of rotatable bonds is 6. The van der Waals surface area contributed by atoms with Crippen LogP contribution in [-0.4, -0.2) is 60.4 Å². The molecule has 27 heavy (non-hydrogen) atoms. The zero-order chi connectivity index (χ0) is 18.9. The number of carboxylic acids is 1. The van der Waals surface area contributed by atoms with E-state index in [9.17, 15) is 24.3 Å². The third-order valence-electron chi connectivity index (χ3n) is 4.04. The summed E-state index contributed by atoms with van der Waals surface area (Å²) in [5, 5.41) is 16.3. The molecule has 0 aliphatic carbocycles. The van der Waals surface area contributed by atoms with Crippen LogP contribution in [0.25, 0.3) is 0 Å². The van der Waals surface area contributed by atoms with E-state index in [-0.39, 0.29) is 42.6 Å². The van der Waals surface area contributed by atoms with Crippen molar-refractivity contribution in [2.75, 3.05) is 13.7 Å². The number of nitrogens with one attached hydrogen (secondary N) is 1. The van der Waals surface area contributed by atoms with Gasteiger partial charge < -0.3 is 24.7 Å². The van der Waals surface area contributed by atoms with Crippen molar-refractivity contribution in [1.29, 1.82) is 0 Å². The van der Waals surface area contributed by atoms with Gasteiger partial charge in [0.25, 0.3) is 11.6 Å². The summed E-state index contributed by atoms with van der Waals surface area (Å²) in [5.74, 6) is -4.03. The van der Waals surface area contributed by atoms with Crippen molar-refractivity contribution >= 4 is 35.1 Å². The first-order valence-electron chi connectivity index (χ1n) is 7.63. The second-order valence-electron chi connectivity index (χ2n) is 5.73. The number of amides is 2. The second kappa shape index (κ2) is 8.67. The number of hydrogen-bond donors (Lipinski definition) is 1. The average molecular weight is 406 g/mol. The van der Waals surface area contributed by atoms with E-state index in [1.807, 2.05) is 5.38 Å². The first-order chi connectivity index (χ1) is 12.4. The SMILES string of the molecule is COC1CC(C(=O)[O-])(N2OC[C@H](NC(=O)Cc3cccs3)C2=O)OC1=O.[Na+]. The van der Waals surface area contributed by atoms with Crippen molar-refractivity contribution in [3.05, 3.63) is 22.4 Å². The summed E-state index contributed by atoms with van der Waals surface area (Å²) in [4.78, 5) is 53.8. The molecule has 0 radical (unpaired) electrons. The predicted octanol–water partition coefficient (Wildman–Crippen LogP) is -5.04. The Bertz CT molecular complexity index is 742. The fourth-order valence-corrected chi connectivity index (χ4v) is 3.45. The van der Waals surface area contributed by atoms with E-state index in [4.69, 9.17) is 14.3 Å². The molecule has 0 spiro atoms. The molecule has 1 aromatic heterocycles. The van der Waals surface area contributed by atoms with Crippen LogP contribution in [0.4, 0.5) is 0 Å². The minimum absolute atomic E-state index is 0. The number of cyclic esters (lactones) is 1. The van der Waals surface area contributed by atoms with Gasteiger partial charge in [-0.25, -0.2) is 4.79 Å². The van der Waals surface area contributed by atoms with E-state index in [0.29, 0.717) is 5.06 Å². The Labute approximate surface area is 180 Å². The molecule has 2 unspecified atom stereocenters. The molecule has 10 nitrogen and oxygen atoms in total. The summed E-state index contributed by atoms with van der Waals surface area (Å²) in [6, 6.07) is 2.47. The molecule has 1 N–H and O–H groups in total. The van der Waals surface area contributed by atoms with Crippen molar-refractivity contribution in [3.63, 3.8) is 0 Å². The fraction of sp³-hybridized carbons (Fsp3) is 0.467. The maximum Gasteiger partial charge on any atom is 1.00 e. The van der Waals surface area contributed by atoms with E-state index in [1.54, 1.807) is 12.1 Å². The van der Waals surface area contributed by atoms with Crippen LogP contribution in [0.15, 0.2) is 17.5 Å². The zero-order valence-corrected chi connectivity index (χ0v) is 17.4. The Balaban J connectivity index is 0.00000261. The van der Waals surface area contributed by atoms with Gasteiger partial charge in [-0.1, -0.05) is 6.07 Å². The predicted molar refractivity (Wildman–Crippen MR) is 82.0 cm³/mol. The van der Waals surface area contributed by atoms with Crippen molar-refractivity contribution < 1.29 is 68.2 Å². The molecule has 2 amide bonds. The first kappa shape index (κ1) is 21.8. The first-order valence-corrected chi connectivity index (χ1v) is 8.51. The molecule has 2 saturated heterocycles. The maximum absolute atomic E-state index is 12.5. The zero-order valence-electron chi connectivity index (χ0n) is 14.6. The van der Waals surface area contributed by atoms with E-state index >= 15 is 0 Å². The number of thiophene rings is 1.